The zero-order valence-corrected chi connectivity index (χ0v) is 9.68. The van der Waals surface area contributed by atoms with Crippen LogP contribution in [0.3, 0.4) is 0 Å². The van der Waals surface area contributed by atoms with Gasteiger partial charge in [-0.2, -0.15) is 13.2 Å². The number of nitrogens with one attached hydrogen (secondary N) is 1. The van der Waals surface area contributed by atoms with Gasteiger partial charge in [-0.1, -0.05) is 19.3 Å². The van der Waals surface area contributed by atoms with Crippen LogP contribution in [-0.2, 0) is 6.18 Å². The average molecular weight is 261 g/mol. The Morgan fingerprint density at radius 3 is 2.33 bits per heavy atom. The van der Waals surface area contributed by atoms with Gasteiger partial charge in [0, 0.05) is 5.69 Å². The Balaban J connectivity index is 2.35. The van der Waals surface area contributed by atoms with Crippen molar-refractivity contribution in [1.29, 1.82) is 0 Å². The quantitative estimate of drug-likeness (QED) is 0.851. The molecule has 1 fully saturated rings. The third-order valence-corrected chi connectivity index (χ3v) is 3.40. The Morgan fingerprint density at radius 2 is 1.89 bits per heavy atom. The molecule has 0 amide bonds. The van der Waals surface area contributed by atoms with Gasteiger partial charge < -0.3 is 10.1 Å². The molecule has 0 aliphatic heterocycles. The predicted octanol–water partition coefficient (Wildman–Crippen LogP) is 3.78. The molecule has 0 bridgehead atoms. The van der Waals surface area contributed by atoms with Crippen LogP contribution < -0.4 is 0 Å². The van der Waals surface area contributed by atoms with Crippen molar-refractivity contribution in [1.82, 2.24) is 4.98 Å². The number of H-pyrrole nitrogens is 1. The van der Waals surface area contributed by atoms with E-state index in [1.165, 1.54) is 0 Å². The molecule has 0 atom stereocenters. The van der Waals surface area contributed by atoms with Gasteiger partial charge in [0.1, 0.15) is 5.69 Å². The third kappa shape index (κ3) is 2.52. The van der Waals surface area contributed by atoms with E-state index in [1.807, 2.05) is 0 Å². The van der Waals surface area contributed by atoms with Crippen molar-refractivity contribution < 1.29 is 23.1 Å². The number of aromatic carboxylic acids is 1. The molecule has 2 rings (SSSR count). The molecule has 1 aliphatic carbocycles. The summed E-state index contributed by atoms with van der Waals surface area (Å²) in [6.07, 6.45) is 0.0321. The molecular formula is C12H14F3NO2. The summed E-state index contributed by atoms with van der Waals surface area (Å²) in [5.74, 6) is -1.52. The van der Waals surface area contributed by atoms with E-state index in [-0.39, 0.29) is 5.92 Å². The first-order chi connectivity index (χ1) is 8.39. The zero-order valence-electron chi connectivity index (χ0n) is 9.68. The lowest BCUT2D eigenvalue weighted by atomic mass is 9.87. The second-order valence-corrected chi connectivity index (χ2v) is 4.65. The Morgan fingerprint density at radius 1 is 1.28 bits per heavy atom. The van der Waals surface area contributed by atoms with Gasteiger partial charge in [-0.05, 0) is 24.8 Å². The minimum atomic E-state index is -4.65. The molecule has 0 aromatic carbocycles. The summed E-state index contributed by atoms with van der Waals surface area (Å²) >= 11 is 0. The normalized spacial score (nSPS) is 17.9. The van der Waals surface area contributed by atoms with Crippen LogP contribution >= 0.6 is 0 Å². The minimum Gasteiger partial charge on any atom is -0.478 e. The topological polar surface area (TPSA) is 53.1 Å². The minimum absolute atomic E-state index is 0.0212. The van der Waals surface area contributed by atoms with Crippen LogP contribution in [0.25, 0.3) is 0 Å². The lowest BCUT2D eigenvalue weighted by Crippen LogP contribution is -2.12. The number of rotatable bonds is 2. The number of alkyl halides is 3. The molecule has 0 saturated heterocycles. The number of aromatic nitrogens is 1. The van der Waals surface area contributed by atoms with Gasteiger partial charge in [-0.15, -0.1) is 0 Å². The number of carboxylic acid groups (broad SMARTS) is 1. The maximum absolute atomic E-state index is 12.7. The van der Waals surface area contributed by atoms with Crippen molar-refractivity contribution in [2.24, 2.45) is 0 Å². The first-order valence-electron chi connectivity index (χ1n) is 5.93. The highest BCUT2D eigenvalue weighted by Crippen LogP contribution is 2.37. The van der Waals surface area contributed by atoms with Crippen LogP contribution in [0.15, 0.2) is 6.07 Å². The van der Waals surface area contributed by atoms with Crippen LogP contribution in [0.4, 0.5) is 13.2 Å². The highest BCUT2D eigenvalue weighted by atomic mass is 19.4. The number of hydrogen-bond acceptors (Lipinski definition) is 1. The Hall–Kier alpha value is -1.46. The summed E-state index contributed by atoms with van der Waals surface area (Å²) in [6, 6.07) is 1.14. The Labute approximate surface area is 102 Å². The molecule has 18 heavy (non-hydrogen) atoms. The highest BCUT2D eigenvalue weighted by molar-refractivity contribution is 5.89. The number of hydrogen-bond donors (Lipinski definition) is 2. The van der Waals surface area contributed by atoms with E-state index in [1.54, 1.807) is 0 Å². The maximum Gasteiger partial charge on any atom is 0.432 e. The standard InChI is InChI=1S/C12H14F3NO2/c13-12(14,15)10-8(11(17)18)6-9(16-10)7-4-2-1-3-5-7/h6-7,16H,1-5H2,(H,17,18). The molecule has 0 unspecified atom stereocenters. The molecule has 1 heterocycles. The summed E-state index contributed by atoms with van der Waals surface area (Å²) < 4.78 is 38.1. The van der Waals surface area contributed by atoms with Crippen molar-refractivity contribution in [3.63, 3.8) is 0 Å². The van der Waals surface area contributed by atoms with Crippen LogP contribution in [-0.4, -0.2) is 16.1 Å². The molecule has 1 saturated carbocycles. The van der Waals surface area contributed by atoms with Gasteiger partial charge in [0.2, 0.25) is 0 Å². The summed E-state index contributed by atoms with van der Waals surface area (Å²) in [6.45, 7) is 0. The summed E-state index contributed by atoms with van der Waals surface area (Å²) in [5.41, 5.74) is -1.42. The lowest BCUT2D eigenvalue weighted by Gasteiger charge is -2.20. The third-order valence-electron chi connectivity index (χ3n) is 3.40. The molecule has 100 valence electrons. The lowest BCUT2D eigenvalue weighted by molar-refractivity contribution is -0.141. The molecule has 3 nitrogen and oxygen atoms in total. The second-order valence-electron chi connectivity index (χ2n) is 4.65. The molecule has 1 aromatic rings. The second kappa shape index (κ2) is 4.66. The first kappa shape index (κ1) is 13.0. The average Bonchev–Trinajstić information content (AvgIpc) is 2.74. The molecule has 1 aliphatic rings. The molecule has 0 radical (unpaired) electrons. The van der Waals surface area contributed by atoms with Crippen LogP contribution in [0.5, 0.6) is 0 Å². The fourth-order valence-electron chi connectivity index (χ4n) is 2.50. The van der Waals surface area contributed by atoms with Gasteiger partial charge in [0.05, 0.1) is 5.56 Å². The van der Waals surface area contributed by atoms with E-state index >= 15 is 0 Å². The monoisotopic (exact) mass is 261 g/mol. The van der Waals surface area contributed by atoms with E-state index in [9.17, 15) is 18.0 Å². The van der Waals surface area contributed by atoms with E-state index in [0.717, 1.165) is 38.2 Å². The largest absolute Gasteiger partial charge is 0.478 e. The van der Waals surface area contributed by atoms with Gasteiger partial charge in [0.15, 0.2) is 0 Å². The van der Waals surface area contributed by atoms with Gasteiger partial charge in [-0.25, -0.2) is 4.79 Å². The van der Waals surface area contributed by atoms with Crippen molar-refractivity contribution in [2.75, 3.05) is 0 Å². The number of aromatic amines is 1. The fourth-order valence-corrected chi connectivity index (χ4v) is 2.50. The molecular weight excluding hydrogens is 247 g/mol. The number of carbonyl (C=O) groups is 1. The fraction of sp³-hybridized carbons (Fsp3) is 0.583. The van der Waals surface area contributed by atoms with E-state index in [0.29, 0.717) is 5.69 Å². The van der Waals surface area contributed by atoms with Crippen LogP contribution in [0, 0.1) is 0 Å². The van der Waals surface area contributed by atoms with Crippen molar-refractivity contribution in [3.05, 3.63) is 23.0 Å². The Bertz CT molecular complexity index is 445. The van der Waals surface area contributed by atoms with Crippen LogP contribution in [0.1, 0.15) is 59.8 Å². The van der Waals surface area contributed by atoms with E-state index in [2.05, 4.69) is 4.98 Å². The highest BCUT2D eigenvalue weighted by Gasteiger charge is 2.38. The molecule has 6 heteroatoms. The molecule has 0 spiro atoms. The smallest absolute Gasteiger partial charge is 0.432 e. The maximum atomic E-state index is 12.7. The van der Waals surface area contributed by atoms with Gasteiger partial charge in [0.25, 0.3) is 0 Å². The zero-order chi connectivity index (χ0) is 13.3. The molecule has 2 N–H and O–H groups in total. The van der Waals surface area contributed by atoms with E-state index in [4.69, 9.17) is 5.11 Å². The van der Waals surface area contributed by atoms with E-state index < -0.39 is 23.4 Å². The van der Waals surface area contributed by atoms with Gasteiger partial charge in [-0.3, -0.25) is 0 Å². The Kier molecular flexibility index (Phi) is 3.36. The van der Waals surface area contributed by atoms with Crippen LogP contribution in [0.2, 0.25) is 0 Å². The SMILES string of the molecule is O=C(O)c1cc(C2CCCCC2)[nH]c1C(F)(F)F. The predicted molar refractivity (Wildman–Crippen MR) is 58.6 cm³/mol. The van der Waals surface area contributed by atoms with Crippen molar-refractivity contribution in [3.8, 4) is 0 Å². The first-order valence-corrected chi connectivity index (χ1v) is 5.93. The summed E-state index contributed by atoms with van der Waals surface area (Å²) in [5, 5.41) is 8.82. The summed E-state index contributed by atoms with van der Waals surface area (Å²) in [4.78, 5) is 13.1. The summed E-state index contributed by atoms with van der Waals surface area (Å²) in [7, 11) is 0. The van der Waals surface area contributed by atoms with Crippen molar-refractivity contribution >= 4 is 5.97 Å². The van der Waals surface area contributed by atoms with Gasteiger partial charge >= 0.3 is 12.1 Å². The van der Waals surface area contributed by atoms with Crippen molar-refractivity contribution in [2.45, 2.75) is 44.2 Å². The number of carboxylic acids is 1. The molecule has 1 aromatic heterocycles. The number of halogens is 3.